The SMILES string of the molecule is CC(C)CS(=O)(=O)c1ccc2c(c1)NCCO2. The van der Waals surface area contributed by atoms with E-state index < -0.39 is 9.84 Å². The van der Waals surface area contributed by atoms with Gasteiger partial charge in [0.25, 0.3) is 0 Å². The van der Waals surface area contributed by atoms with E-state index in [2.05, 4.69) is 5.32 Å². The van der Waals surface area contributed by atoms with Crippen molar-refractivity contribution in [3.63, 3.8) is 0 Å². The van der Waals surface area contributed by atoms with Crippen molar-refractivity contribution in [2.75, 3.05) is 24.2 Å². The van der Waals surface area contributed by atoms with Crippen molar-refractivity contribution in [3.8, 4) is 5.75 Å². The van der Waals surface area contributed by atoms with Gasteiger partial charge in [0.15, 0.2) is 9.84 Å². The topological polar surface area (TPSA) is 55.4 Å². The smallest absolute Gasteiger partial charge is 0.178 e. The molecule has 0 saturated carbocycles. The lowest BCUT2D eigenvalue weighted by Crippen LogP contribution is -2.19. The van der Waals surface area contributed by atoms with Crippen LogP contribution in [-0.4, -0.2) is 27.3 Å². The summed E-state index contributed by atoms with van der Waals surface area (Å²) in [5, 5.41) is 3.14. The molecule has 1 aromatic rings. The Morgan fingerprint density at radius 2 is 2.18 bits per heavy atom. The quantitative estimate of drug-likeness (QED) is 0.896. The first-order chi connectivity index (χ1) is 7.99. The molecule has 5 heteroatoms. The zero-order valence-electron chi connectivity index (χ0n) is 10.1. The van der Waals surface area contributed by atoms with Crippen molar-refractivity contribution < 1.29 is 13.2 Å². The molecule has 0 atom stereocenters. The van der Waals surface area contributed by atoms with E-state index in [0.717, 1.165) is 11.4 Å². The Hall–Kier alpha value is -1.23. The van der Waals surface area contributed by atoms with Crippen molar-refractivity contribution in [2.45, 2.75) is 18.7 Å². The first kappa shape index (κ1) is 12.2. The molecule has 0 amide bonds. The highest BCUT2D eigenvalue weighted by Gasteiger charge is 2.19. The lowest BCUT2D eigenvalue weighted by atomic mass is 10.2. The van der Waals surface area contributed by atoms with Gasteiger partial charge < -0.3 is 10.1 Å². The maximum Gasteiger partial charge on any atom is 0.178 e. The molecule has 0 spiro atoms. The fraction of sp³-hybridized carbons (Fsp3) is 0.500. The van der Waals surface area contributed by atoms with Crippen LogP contribution in [0.5, 0.6) is 5.75 Å². The van der Waals surface area contributed by atoms with E-state index in [-0.39, 0.29) is 11.7 Å². The van der Waals surface area contributed by atoms with Gasteiger partial charge in [-0.25, -0.2) is 8.42 Å². The molecule has 0 unspecified atom stereocenters. The number of hydrogen-bond donors (Lipinski definition) is 1. The highest BCUT2D eigenvalue weighted by molar-refractivity contribution is 7.91. The van der Waals surface area contributed by atoms with Gasteiger partial charge in [0.05, 0.1) is 16.3 Å². The molecule has 1 aliphatic heterocycles. The van der Waals surface area contributed by atoms with Gasteiger partial charge in [-0.2, -0.15) is 0 Å². The standard InChI is InChI=1S/C12H17NO3S/c1-9(2)8-17(14,15)10-3-4-12-11(7-10)13-5-6-16-12/h3-4,7,9,13H,5-6,8H2,1-2H3. The van der Waals surface area contributed by atoms with Crippen molar-refractivity contribution in [1.82, 2.24) is 0 Å². The molecule has 0 radical (unpaired) electrons. The molecule has 1 aliphatic rings. The number of hydrogen-bond acceptors (Lipinski definition) is 4. The third-order valence-corrected chi connectivity index (χ3v) is 4.62. The first-order valence-electron chi connectivity index (χ1n) is 5.72. The van der Waals surface area contributed by atoms with Crippen LogP contribution >= 0.6 is 0 Å². The number of anilines is 1. The van der Waals surface area contributed by atoms with Crippen molar-refractivity contribution in [1.29, 1.82) is 0 Å². The Morgan fingerprint density at radius 3 is 2.88 bits per heavy atom. The number of sulfone groups is 1. The van der Waals surface area contributed by atoms with Crippen LogP contribution in [0.1, 0.15) is 13.8 Å². The summed E-state index contributed by atoms with van der Waals surface area (Å²) in [5.41, 5.74) is 0.765. The number of benzene rings is 1. The summed E-state index contributed by atoms with van der Waals surface area (Å²) in [6.07, 6.45) is 0. The monoisotopic (exact) mass is 255 g/mol. The molecule has 0 saturated heterocycles. The first-order valence-corrected chi connectivity index (χ1v) is 7.38. The average molecular weight is 255 g/mol. The fourth-order valence-electron chi connectivity index (χ4n) is 1.85. The molecule has 0 aliphatic carbocycles. The van der Waals surface area contributed by atoms with E-state index in [0.29, 0.717) is 18.0 Å². The van der Waals surface area contributed by atoms with Crippen LogP contribution in [0.25, 0.3) is 0 Å². The van der Waals surface area contributed by atoms with Gasteiger partial charge in [-0.05, 0) is 24.1 Å². The summed E-state index contributed by atoms with van der Waals surface area (Å²) in [7, 11) is -3.19. The molecule has 4 nitrogen and oxygen atoms in total. The molecule has 0 bridgehead atoms. The molecule has 1 N–H and O–H groups in total. The molecule has 1 aromatic carbocycles. The van der Waals surface area contributed by atoms with Crippen LogP contribution in [0.15, 0.2) is 23.1 Å². The highest BCUT2D eigenvalue weighted by Crippen LogP contribution is 2.30. The van der Waals surface area contributed by atoms with E-state index in [1.807, 2.05) is 13.8 Å². The maximum absolute atomic E-state index is 12.1. The second kappa shape index (κ2) is 4.56. The summed E-state index contributed by atoms with van der Waals surface area (Å²) in [6.45, 7) is 5.13. The van der Waals surface area contributed by atoms with Crippen molar-refractivity contribution in [2.24, 2.45) is 5.92 Å². The van der Waals surface area contributed by atoms with Gasteiger partial charge in [0.2, 0.25) is 0 Å². The Kier molecular flexibility index (Phi) is 3.28. The predicted octanol–water partition coefficient (Wildman–Crippen LogP) is 1.92. The van der Waals surface area contributed by atoms with Gasteiger partial charge in [0.1, 0.15) is 12.4 Å². The van der Waals surface area contributed by atoms with Crippen LogP contribution < -0.4 is 10.1 Å². The Morgan fingerprint density at radius 1 is 1.41 bits per heavy atom. The number of fused-ring (bicyclic) bond motifs is 1. The van der Waals surface area contributed by atoms with Gasteiger partial charge in [-0.15, -0.1) is 0 Å². The molecular weight excluding hydrogens is 238 g/mol. The van der Waals surface area contributed by atoms with Crippen LogP contribution in [0, 0.1) is 5.92 Å². The number of nitrogens with one attached hydrogen (secondary N) is 1. The zero-order valence-corrected chi connectivity index (χ0v) is 10.9. The van der Waals surface area contributed by atoms with Gasteiger partial charge in [0, 0.05) is 6.54 Å². The second-order valence-corrected chi connectivity index (χ2v) is 6.64. The Bertz CT molecular complexity index is 508. The third kappa shape index (κ3) is 2.72. The molecule has 1 heterocycles. The van der Waals surface area contributed by atoms with E-state index in [1.165, 1.54) is 0 Å². The van der Waals surface area contributed by atoms with E-state index in [1.54, 1.807) is 18.2 Å². The molecule has 2 rings (SSSR count). The molecule has 0 fully saturated rings. The summed E-state index contributed by atoms with van der Waals surface area (Å²) >= 11 is 0. The summed E-state index contributed by atoms with van der Waals surface area (Å²) in [5.74, 6) is 1.02. The van der Waals surface area contributed by atoms with E-state index in [4.69, 9.17) is 4.74 Å². The second-order valence-electron chi connectivity index (χ2n) is 4.61. The zero-order chi connectivity index (χ0) is 12.5. The average Bonchev–Trinajstić information content (AvgIpc) is 2.26. The van der Waals surface area contributed by atoms with E-state index in [9.17, 15) is 8.42 Å². The molecule has 0 aromatic heterocycles. The molecular formula is C12H17NO3S. The fourth-order valence-corrected chi connectivity index (χ4v) is 3.49. The normalized spacial score (nSPS) is 15.0. The summed E-state index contributed by atoms with van der Waals surface area (Å²) < 4.78 is 29.5. The summed E-state index contributed by atoms with van der Waals surface area (Å²) in [6, 6.07) is 4.99. The minimum atomic E-state index is -3.19. The van der Waals surface area contributed by atoms with Crippen molar-refractivity contribution in [3.05, 3.63) is 18.2 Å². The Labute approximate surface area is 102 Å². The lowest BCUT2D eigenvalue weighted by molar-refractivity contribution is 0.323. The molecule has 94 valence electrons. The maximum atomic E-state index is 12.1. The Balaban J connectivity index is 2.34. The third-order valence-electron chi connectivity index (χ3n) is 2.54. The van der Waals surface area contributed by atoms with Crippen LogP contribution in [0.2, 0.25) is 0 Å². The van der Waals surface area contributed by atoms with Crippen LogP contribution in [0.3, 0.4) is 0 Å². The lowest BCUT2D eigenvalue weighted by Gasteiger charge is -2.19. The largest absolute Gasteiger partial charge is 0.490 e. The predicted molar refractivity (Wildman–Crippen MR) is 67.3 cm³/mol. The molecule has 17 heavy (non-hydrogen) atoms. The minimum Gasteiger partial charge on any atom is -0.490 e. The highest BCUT2D eigenvalue weighted by atomic mass is 32.2. The van der Waals surface area contributed by atoms with Gasteiger partial charge in [-0.3, -0.25) is 0 Å². The van der Waals surface area contributed by atoms with Crippen LogP contribution in [-0.2, 0) is 9.84 Å². The number of rotatable bonds is 3. The van der Waals surface area contributed by atoms with Crippen LogP contribution in [0.4, 0.5) is 5.69 Å². The van der Waals surface area contributed by atoms with Gasteiger partial charge in [-0.1, -0.05) is 13.8 Å². The minimum absolute atomic E-state index is 0.125. The number of ether oxygens (including phenoxy) is 1. The summed E-state index contributed by atoms with van der Waals surface area (Å²) in [4.78, 5) is 0.364. The van der Waals surface area contributed by atoms with Crippen molar-refractivity contribution >= 4 is 15.5 Å². The van der Waals surface area contributed by atoms with E-state index >= 15 is 0 Å². The van der Waals surface area contributed by atoms with Gasteiger partial charge >= 0.3 is 0 Å².